The van der Waals surface area contributed by atoms with Gasteiger partial charge < -0.3 is 9.84 Å². The van der Waals surface area contributed by atoms with Gasteiger partial charge in [-0.1, -0.05) is 17.7 Å². The number of hydrogen-bond donors (Lipinski definition) is 1. The molecule has 2 rings (SSSR count). The highest BCUT2D eigenvalue weighted by molar-refractivity contribution is 6.32. The van der Waals surface area contributed by atoms with Gasteiger partial charge in [0.05, 0.1) is 23.3 Å². The molecule has 0 heterocycles. The molecule has 2 aromatic rings. The van der Waals surface area contributed by atoms with Crippen molar-refractivity contribution in [3.05, 3.63) is 57.6 Å². The number of nitrogens with zero attached hydrogens (tertiary/aromatic N) is 1. The number of ether oxygens (including phenoxy) is 1. The normalized spacial score (nSPS) is 10.2. The third-order valence-electron chi connectivity index (χ3n) is 2.98. The Morgan fingerprint density at radius 3 is 2.35 bits per heavy atom. The minimum absolute atomic E-state index is 0.0606. The molecular weight excluding hydrogens is 274 g/mol. The maximum absolute atomic E-state index is 9.06. The molecule has 102 valence electrons. The third kappa shape index (κ3) is 2.93. The summed E-state index contributed by atoms with van der Waals surface area (Å²) in [6, 6.07) is 10.8. The van der Waals surface area contributed by atoms with Crippen LogP contribution in [0.15, 0.2) is 30.3 Å². The maximum Gasteiger partial charge on any atom is 0.146 e. The van der Waals surface area contributed by atoms with Crippen molar-refractivity contribution < 1.29 is 9.84 Å². The summed E-state index contributed by atoms with van der Waals surface area (Å²) in [7, 11) is 0. The summed E-state index contributed by atoms with van der Waals surface area (Å²) in [6.45, 7) is 3.72. The molecule has 1 N–H and O–H groups in total. The lowest BCUT2D eigenvalue weighted by atomic mass is 10.1. The molecule has 0 bridgehead atoms. The van der Waals surface area contributed by atoms with Gasteiger partial charge in [-0.05, 0) is 54.8 Å². The SMILES string of the molecule is Cc1cc(C#N)cc(C)c1Oc1ccc(CO)cc1Cl. The molecule has 0 saturated heterocycles. The quantitative estimate of drug-likeness (QED) is 0.924. The molecule has 4 heteroatoms. The van der Waals surface area contributed by atoms with Gasteiger partial charge in [0.15, 0.2) is 0 Å². The molecule has 0 spiro atoms. The molecule has 0 aliphatic rings. The fraction of sp³-hybridized carbons (Fsp3) is 0.188. The standard InChI is InChI=1S/C16H14ClNO2/c1-10-5-13(8-18)6-11(2)16(10)20-15-4-3-12(9-19)7-14(15)17/h3-7,19H,9H2,1-2H3. The van der Waals surface area contributed by atoms with Crippen LogP contribution in [0.4, 0.5) is 0 Å². The number of nitriles is 1. The number of aryl methyl sites for hydroxylation is 2. The summed E-state index contributed by atoms with van der Waals surface area (Å²) >= 11 is 6.13. The van der Waals surface area contributed by atoms with Crippen LogP contribution < -0.4 is 4.74 Å². The van der Waals surface area contributed by atoms with E-state index in [9.17, 15) is 0 Å². The van der Waals surface area contributed by atoms with E-state index < -0.39 is 0 Å². The van der Waals surface area contributed by atoms with Gasteiger partial charge in [0.1, 0.15) is 11.5 Å². The zero-order valence-corrected chi connectivity index (χ0v) is 12.0. The van der Waals surface area contributed by atoms with Gasteiger partial charge in [0, 0.05) is 0 Å². The fourth-order valence-electron chi connectivity index (χ4n) is 2.01. The zero-order valence-electron chi connectivity index (χ0n) is 11.3. The number of hydrogen-bond acceptors (Lipinski definition) is 3. The van der Waals surface area contributed by atoms with Crippen molar-refractivity contribution in [2.75, 3.05) is 0 Å². The molecule has 0 amide bonds. The minimum atomic E-state index is -0.0606. The van der Waals surface area contributed by atoms with E-state index in [-0.39, 0.29) is 6.61 Å². The van der Waals surface area contributed by atoms with Gasteiger partial charge in [-0.2, -0.15) is 5.26 Å². The Labute approximate surface area is 123 Å². The Hall–Kier alpha value is -2.02. The average Bonchev–Trinajstić information content (AvgIpc) is 2.43. The lowest BCUT2D eigenvalue weighted by Gasteiger charge is -2.13. The summed E-state index contributed by atoms with van der Waals surface area (Å²) in [5.41, 5.74) is 3.09. The Balaban J connectivity index is 2.38. The molecule has 3 nitrogen and oxygen atoms in total. The lowest BCUT2D eigenvalue weighted by molar-refractivity contribution is 0.281. The van der Waals surface area contributed by atoms with E-state index in [4.69, 9.17) is 26.7 Å². The fourth-order valence-corrected chi connectivity index (χ4v) is 2.25. The molecular formula is C16H14ClNO2. The number of rotatable bonds is 3. The monoisotopic (exact) mass is 287 g/mol. The molecule has 0 radical (unpaired) electrons. The van der Waals surface area contributed by atoms with Crippen LogP contribution in [0.3, 0.4) is 0 Å². The Bertz CT molecular complexity index is 666. The maximum atomic E-state index is 9.06. The van der Waals surface area contributed by atoms with Crippen LogP contribution in [0.2, 0.25) is 5.02 Å². The first-order chi connectivity index (χ1) is 9.55. The Kier molecular flexibility index (Phi) is 4.29. The van der Waals surface area contributed by atoms with Crippen molar-refractivity contribution in [2.45, 2.75) is 20.5 Å². The van der Waals surface area contributed by atoms with Crippen LogP contribution in [-0.4, -0.2) is 5.11 Å². The van der Waals surface area contributed by atoms with Crippen LogP contribution >= 0.6 is 11.6 Å². The van der Waals surface area contributed by atoms with E-state index >= 15 is 0 Å². The summed E-state index contributed by atoms with van der Waals surface area (Å²) in [5, 5.41) is 18.4. The third-order valence-corrected chi connectivity index (χ3v) is 3.28. The molecule has 0 aromatic heterocycles. The van der Waals surface area contributed by atoms with Gasteiger partial charge in [0.2, 0.25) is 0 Å². The minimum Gasteiger partial charge on any atom is -0.455 e. The van der Waals surface area contributed by atoms with Crippen LogP contribution in [0.1, 0.15) is 22.3 Å². The molecule has 0 saturated carbocycles. The van der Waals surface area contributed by atoms with Gasteiger partial charge >= 0.3 is 0 Å². The first kappa shape index (κ1) is 14.4. The number of halogens is 1. The lowest BCUT2D eigenvalue weighted by Crippen LogP contribution is -1.94. The first-order valence-electron chi connectivity index (χ1n) is 6.13. The van der Waals surface area contributed by atoms with E-state index in [1.54, 1.807) is 30.3 Å². The first-order valence-corrected chi connectivity index (χ1v) is 6.51. The van der Waals surface area contributed by atoms with Gasteiger partial charge in [-0.15, -0.1) is 0 Å². The number of aliphatic hydroxyl groups is 1. The Morgan fingerprint density at radius 2 is 1.85 bits per heavy atom. The van der Waals surface area contributed by atoms with Gasteiger partial charge in [0.25, 0.3) is 0 Å². The highest BCUT2D eigenvalue weighted by atomic mass is 35.5. The van der Waals surface area contributed by atoms with Crippen molar-refractivity contribution in [1.82, 2.24) is 0 Å². The van der Waals surface area contributed by atoms with Crippen LogP contribution in [0, 0.1) is 25.2 Å². The second kappa shape index (κ2) is 5.96. The zero-order chi connectivity index (χ0) is 14.7. The predicted molar refractivity (Wildman–Crippen MR) is 78.1 cm³/mol. The van der Waals surface area contributed by atoms with Crippen LogP contribution in [0.25, 0.3) is 0 Å². The van der Waals surface area contributed by atoms with Gasteiger partial charge in [-0.3, -0.25) is 0 Å². The van der Waals surface area contributed by atoms with Crippen molar-refractivity contribution in [3.63, 3.8) is 0 Å². The van der Waals surface area contributed by atoms with E-state index in [2.05, 4.69) is 6.07 Å². The number of benzene rings is 2. The molecule has 0 atom stereocenters. The molecule has 0 unspecified atom stereocenters. The highest BCUT2D eigenvalue weighted by Crippen LogP contribution is 2.34. The van der Waals surface area contributed by atoms with Gasteiger partial charge in [-0.25, -0.2) is 0 Å². The second-order valence-electron chi connectivity index (χ2n) is 4.58. The summed E-state index contributed by atoms with van der Waals surface area (Å²) in [6.07, 6.45) is 0. The smallest absolute Gasteiger partial charge is 0.146 e. The van der Waals surface area contributed by atoms with Crippen LogP contribution in [-0.2, 0) is 6.61 Å². The van der Waals surface area contributed by atoms with E-state index in [0.29, 0.717) is 22.1 Å². The van der Waals surface area contributed by atoms with E-state index in [0.717, 1.165) is 16.7 Å². The Morgan fingerprint density at radius 1 is 1.20 bits per heavy atom. The van der Waals surface area contributed by atoms with Crippen molar-refractivity contribution in [3.8, 4) is 17.6 Å². The van der Waals surface area contributed by atoms with E-state index in [1.807, 2.05) is 13.8 Å². The summed E-state index contributed by atoms with van der Waals surface area (Å²) in [5.74, 6) is 1.22. The number of aliphatic hydroxyl groups excluding tert-OH is 1. The van der Waals surface area contributed by atoms with Crippen LogP contribution in [0.5, 0.6) is 11.5 Å². The summed E-state index contributed by atoms with van der Waals surface area (Å²) < 4.78 is 5.85. The van der Waals surface area contributed by atoms with Crippen molar-refractivity contribution in [1.29, 1.82) is 5.26 Å². The largest absolute Gasteiger partial charge is 0.455 e. The highest BCUT2D eigenvalue weighted by Gasteiger charge is 2.10. The summed E-state index contributed by atoms with van der Waals surface area (Å²) in [4.78, 5) is 0. The van der Waals surface area contributed by atoms with Crippen molar-refractivity contribution >= 4 is 11.6 Å². The topological polar surface area (TPSA) is 53.2 Å². The molecule has 0 fully saturated rings. The second-order valence-corrected chi connectivity index (χ2v) is 4.98. The molecule has 0 aliphatic carbocycles. The molecule has 20 heavy (non-hydrogen) atoms. The molecule has 2 aromatic carbocycles. The molecule has 0 aliphatic heterocycles. The predicted octanol–water partition coefficient (Wildman–Crippen LogP) is 4.11. The van der Waals surface area contributed by atoms with E-state index in [1.165, 1.54) is 0 Å². The van der Waals surface area contributed by atoms with Crippen molar-refractivity contribution in [2.24, 2.45) is 0 Å². The average molecular weight is 288 g/mol.